The van der Waals surface area contributed by atoms with Crippen molar-refractivity contribution in [3.63, 3.8) is 0 Å². The molecule has 0 bridgehead atoms. The van der Waals surface area contributed by atoms with Gasteiger partial charge in [-0.3, -0.25) is 0 Å². The lowest BCUT2D eigenvalue weighted by Gasteiger charge is -2.00. The summed E-state index contributed by atoms with van der Waals surface area (Å²) in [6.45, 7) is 0. The molecule has 0 fully saturated rings. The highest BCUT2D eigenvalue weighted by molar-refractivity contribution is 5.21. The number of aromatic nitrogens is 2. The van der Waals surface area contributed by atoms with Gasteiger partial charge in [-0.2, -0.15) is 4.73 Å². The van der Waals surface area contributed by atoms with Gasteiger partial charge in [-0.15, -0.1) is 0 Å². The lowest BCUT2D eigenvalue weighted by molar-refractivity contribution is 0.178. The molecule has 0 aliphatic rings. The van der Waals surface area contributed by atoms with Gasteiger partial charge < -0.3 is 5.21 Å². The molecule has 0 saturated heterocycles. The minimum Gasteiger partial charge on any atom is -0.427 e. The molecular weight excluding hydrogens is 183 g/mol. The van der Waals surface area contributed by atoms with Crippen molar-refractivity contribution < 1.29 is 9.60 Å². The molecule has 0 atom stereocenters. The fourth-order valence-corrected chi connectivity index (χ4v) is 1.30. The highest BCUT2D eigenvalue weighted by atomic mass is 19.1. The predicted octanol–water partition coefficient (Wildman–Crippen LogP) is 1.85. The molecule has 0 aliphatic carbocycles. The van der Waals surface area contributed by atoms with E-state index < -0.39 is 0 Å². The fourth-order valence-electron chi connectivity index (χ4n) is 1.30. The van der Waals surface area contributed by atoms with Crippen LogP contribution in [0.25, 0.3) is 0 Å². The molecular formula is C10H9FN2O. The third-order valence-corrected chi connectivity index (χ3v) is 1.97. The van der Waals surface area contributed by atoms with Gasteiger partial charge in [-0.1, -0.05) is 12.1 Å². The average molecular weight is 192 g/mol. The first-order valence-corrected chi connectivity index (χ1v) is 4.20. The SMILES string of the molecule is On1cncc1Cc1cccc(F)c1. The second-order valence-corrected chi connectivity index (χ2v) is 3.04. The number of benzene rings is 1. The lowest BCUT2D eigenvalue weighted by atomic mass is 10.1. The van der Waals surface area contributed by atoms with Crippen LogP contribution in [-0.4, -0.2) is 14.9 Å². The van der Waals surface area contributed by atoms with E-state index in [9.17, 15) is 9.60 Å². The summed E-state index contributed by atoms with van der Waals surface area (Å²) in [5.74, 6) is -0.272. The highest BCUT2D eigenvalue weighted by Gasteiger charge is 2.02. The number of nitrogens with zero attached hydrogens (tertiary/aromatic N) is 2. The van der Waals surface area contributed by atoms with Crippen molar-refractivity contribution in [2.45, 2.75) is 6.42 Å². The first-order chi connectivity index (χ1) is 6.75. The second kappa shape index (κ2) is 3.49. The summed E-state index contributed by atoms with van der Waals surface area (Å²) in [6.07, 6.45) is 3.31. The van der Waals surface area contributed by atoms with Crippen LogP contribution in [0.2, 0.25) is 0 Å². The van der Waals surface area contributed by atoms with Crippen LogP contribution in [-0.2, 0) is 6.42 Å². The summed E-state index contributed by atoms with van der Waals surface area (Å²) in [4.78, 5) is 3.76. The maximum absolute atomic E-state index is 12.8. The Hall–Kier alpha value is -1.84. The van der Waals surface area contributed by atoms with Crippen LogP contribution >= 0.6 is 0 Å². The van der Waals surface area contributed by atoms with E-state index in [1.54, 1.807) is 18.3 Å². The molecule has 2 aromatic rings. The minimum absolute atomic E-state index is 0.272. The monoisotopic (exact) mass is 192 g/mol. The third-order valence-electron chi connectivity index (χ3n) is 1.97. The van der Waals surface area contributed by atoms with Gasteiger partial charge in [-0.25, -0.2) is 9.37 Å². The molecule has 1 heterocycles. The Labute approximate surface area is 80.4 Å². The molecule has 0 radical (unpaired) electrons. The Morgan fingerprint density at radius 2 is 2.29 bits per heavy atom. The summed E-state index contributed by atoms with van der Waals surface area (Å²) in [5, 5.41) is 9.24. The number of hydrogen-bond donors (Lipinski definition) is 1. The Bertz CT molecular complexity index is 439. The van der Waals surface area contributed by atoms with Gasteiger partial charge in [0.1, 0.15) is 12.1 Å². The van der Waals surface area contributed by atoms with Crippen LogP contribution in [0.1, 0.15) is 11.3 Å². The van der Waals surface area contributed by atoms with Crippen LogP contribution in [0.15, 0.2) is 36.8 Å². The average Bonchev–Trinajstić information content (AvgIpc) is 2.52. The van der Waals surface area contributed by atoms with Crippen molar-refractivity contribution in [1.82, 2.24) is 9.71 Å². The second-order valence-electron chi connectivity index (χ2n) is 3.04. The number of rotatable bonds is 2. The molecule has 0 spiro atoms. The van der Waals surface area contributed by atoms with E-state index in [-0.39, 0.29) is 5.82 Å². The molecule has 1 aromatic carbocycles. The Balaban J connectivity index is 2.23. The van der Waals surface area contributed by atoms with Crippen molar-refractivity contribution in [3.8, 4) is 0 Å². The van der Waals surface area contributed by atoms with E-state index in [2.05, 4.69) is 4.98 Å². The van der Waals surface area contributed by atoms with Crippen LogP contribution in [0.4, 0.5) is 4.39 Å². The third kappa shape index (κ3) is 1.74. The van der Waals surface area contributed by atoms with E-state index in [4.69, 9.17) is 0 Å². The number of imidazole rings is 1. The summed E-state index contributed by atoms with van der Waals surface area (Å²) in [7, 11) is 0. The molecule has 1 aromatic heterocycles. The molecule has 0 aliphatic heterocycles. The summed E-state index contributed by atoms with van der Waals surface area (Å²) < 4.78 is 13.7. The molecule has 0 amide bonds. The fraction of sp³-hybridized carbons (Fsp3) is 0.100. The highest BCUT2D eigenvalue weighted by Crippen LogP contribution is 2.09. The Morgan fingerprint density at radius 1 is 1.43 bits per heavy atom. The van der Waals surface area contributed by atoms with E-state index in [1.165, 1.54) is 18.5 Å². The Kier molecular flexibility index (Phi) is 2.18. The smallest absolute Gasteiger partial charge is 0.131 e. The first-order valence-electron chi connectivity index (χ1n) is 4.20. The van der Waals surface area contributed by atoms with Crippen LogP contribution in [0, 0.1) is 5.82 Å². The normalized spacial score (nSPS) is 10.4. The molecule has 0 saturated carbocycles. The first kappa shape index (κ1) is 8.74. The van der Waals surface area contributed by atoms with E-state index in [0.29, 0.717) is 12.1 Å². The standard InChI is InChI=1S/C10H9FN2O/c11-9-3-1-2-8(4-9)5-10-6-12-7-13(10)14/h1-4,6-7,14H,5H2. The van der Waals surface area contributed by atoms with E-state index in [0.717, 1.165) is 10.3 Å². The van der Waals surface area contributed by atoms with Crippen molar-refractivity contribution in [3.05, 3.63) is 53.9 Å². The zero-order valence-electron chi connectivity index (χ0n) is 7.39. The zero-order valence-corrected chi connectivity index (χ0v) is 7.39. The number of hydrogen-bond acceptors (Lipinski definition) is 2. The molecule has 1 N–H and O–H groups in total. The quantitative estimate of drug-likeness (QED) is 0.737. The van der Waals surface area contributed by atoms with Gasteiger partial charge in [0, 0.05) is 6.42 Å². The largest absolute Gasteiger partial charge is 0.427 e. The lowest BCUT2D eigenvalue weighted by Crippen LogP contribution is -1.97. The van der Waals surface area contributed by atoms with Crippen molar-refractivity contribution in [2.75, 3.05) is 0 Å². The summed E-state index contributed by atoms with van der Waals surface area (Å²) >= 11 is 0. The summed E-state index contributed by atoms with van der Waals surface area (Å²) in [6, 6.07) is 6.27. The zero-order chi connectivity index (χ0) is 9.97. The Morgan fingerprint density at radius 3 is 2.93 bits per heavy atom. The maximum Gasteiger partial charge on any atom is 0.131 e. The van der Waals surface area contributed by atoms with Gasteiger partial charge >= 0.3 is 0 Å². The van der Waals surface area contributed by atoms with Crippen molar-refractivity contribution in [1.29, 1.82) is 0 Å². The van der Waals surface area contributed by atoms with Crippen LogP contribution < -0.4 is 0 Å². The molecule has 3 nitrogen and oxygen atoms in total. The van der Waals surface area contributed by atoms with Gasteiger partial charge in [0.05, 0.1) is 11.9 Å². The number of halogens is 1. The predicted molar refractivity (Wildman–Crippen MR) is 48.6 cm³/mol. The van der Waals surface area contributed by atoms with Crippen molar-refractivity contribution >= 4 is 0 Å². The van der Waals surface area contributed by atoms with E-state index >= 15 is 0 Å². The van der Waals surface area contributed by atoms with E-state index in [1.807, 2.05) is 0 Å². The molecule has 14 heavy (non-hydrogen) atoms. The van der Waals surface area contributed by atoms with Crippen LogP contribution in [0.5, 0.6) is 0 Å². The van der Waals surface area contributed by atoms with Crippen molar-refractivity contribution in [2.24, 2.45) is 0 Å². The maximum atomic E-state index is 12.8. The summed E-state index contributed by atoms with van der Waals surface area (Å²) in [5.41, 5.74) is 1.44. The molecule has 2 rings (SSSR count). The molecule has 72 valence electrons. The van der Waals surface area contributed by atoms with Crippen LogP contribution in [0.3, 0.4) is 0 Å². The molecule has 4 heteroatoms. The molecule has 0 unspecified atom stereocenters. The van der Waals surface area contributed by atoms with Gasteiger partial charge in [0.15, 0.2) is 0 Å². The van der Waals surface area contributed by atoms with Gasteiger partial charge in [-0.05, 0) is 17.7 Å². The van der Waals surface area contributed by atoms with Gasteiger partial charge in [0.2, 0.25) is 0 Å². The topological polar surface area (TPSA) is 38.0 Å². The van der Waals surface area contributed by atoms with Gasteiger partial charge in [0.25, 0.3) is 0 Å². The minimum atomic E-state index is -0.272.